The van der Waals surface area contributed by atoms with Crippen LogP contribution in [0.4, 0.5) is 0 Å². The highest BCUT2D eigenvalue weighted by Gasteiger charge is 2.06. The van der Waals surface area contributed by atoms with Crippen LogP contribution in [-0.2, 0) is 12.6 Å². The molecule has 0 radical (unpaired) electrons. The lowest BCUT2D eigenvalue weighted by atomic mass is 9.95. The Morgan fingerprint density at radius 2 is 0.525 bits per heavy atom. The van der Waals surface area contributed by atoms with E-state index in [0.29, 0.717) is 5.92 Å². The van der Waals surface area contributed by atoms with Crippen molar-refractivity contribution in [1.29, 1.82) is 0 Å². The Bertz CT molecular complexity index is 438. The van der Waals surface area contributed by atoms with Gasteiger partial charge in [0.05, 0.1) is 0 Å². The molecule has 0 aromatic rings. The molecule has 0 aliphatic rings. The first kappa shape index (κ1) is 40.3. The summed E-state index contributed by atoms with van der Waals surface area (Å²) < 4.78 is 0.863. The summed E-state index contributed by atoms with van der Waals surface area (Å²) in [4.78, 5) is 0. The first-order chi connectivity index (χ1) is 19.7. The molecule has 0 nitrogen and oxygen atoms in total. The largest absolute Gasteiger partial charge is 0.433 e. The van der Waals surface area contributed by atoms with Gasteiger partial charge in [0.1, 0.15) is 0 Å². The molecule has 0 saturated heterocycles. The van der Waals surface area contributed by atoms with Crippen LogP contribution in [0.5, 0.6) is 0 Å². The number of hydrogen-bond donors (Lipinski definition) is 0. The zero-order chi connectivity index (χ0) is 29.2. The van der Waals surface area contributed by atoms with Gasteiger partial charge in [-0.25, -0.2) is 0 Å². The summed E-state index contributed by atoms with van der Waals surface area (Å²) in [6.45, 7) is 4.61. The zero-order valence-electron chi connectivity index (χ0n) is 27.9. The lowest BCUT2D eigenvalue weighted by Gasteiger charge is -2.21. The van der Waals surface area contributed by atoms with E-state index in [1.807, 2.05) is 0 Å². The molecule has 0 spiro atoms. The average Bonchev–Trinajstić information content (AvgIpc) is 2.95. The summed E-state index contributed by atoms with van der Waals surface area (Å²) in [5.41, 5.74) is 0. The molecule has 0 heterocycles. The van der Waals surface area contributed by atoms with Crippen molar-refractivity contribution >= 4 is 29.0 Å². The van der Waals surface area contributed by atoms with E-state index < -0.39 is 0 Å². The third-order valence-corrected chi connectivity index (χ3v) is 9.81. The number of hydrogen-bond acceptors (Lipinski definition) is 2. The van der Waals surface area contributed by atoms with Crippen LogP contribution in [0.3, 0.4) is 0 Å². The molecule has 2 heteroatoms. The number of thiocarbonyl (C=S) groups is 1. The van der Waals surface area contributed by atoms with Crippen molar-refractivity contribution in [2.24, 2.45) is 5.92 Å². The van der Waals surface area contributed by atoms with Gasteiger partial charge in [-0.2, -0.15) is 0 Å². The smallest absolute Gasteiger partial charge is 0.0345 e. The van der Waals surface area contributed by atoms with Crippen molar-refractivity contribution in [3.63, 3.8) is 0 Å². The minimum Gasteiger partial charge on any atom is -0.433 e. The maximum atomic E-state index is 5.45. The monoisotopic (exact) mass is 596 g/mol. The molecule has 0 aliphatic heterocycles. The Morgan fingerprint density at radius 1 is 0.350 bits per heavy atom. The molecule has 240 valence electrons. The van der Waals surface area contributed by atoms with Crippen LogP contribution in [0.15, 0.2) is 0 Å². The average molecular weight is 596 g/mol. The van der Waals surface area contributed by atoms with Crippen LogP contribution < -0.4 is 0 Å². The Hall–Kier alpha value is 0.310. The van der Waals surface area contributed by atoms with E-state index in [1.54, 1.807) is 0 Å². The van der Waals surface area contributed by atoms with Crippen molar-refractivity contribution in [3.8, 4) is 0 Å². The highest BCUT2D eigenvalue weighted by Crippen LogP contribution is 2.21. The molecule has 0 amide bonds. The lowest BCUT2D eigenvalue weighted by molar-refractivity contribution is 0.482. The molecule has 0 fully saturated rings. The van der Waals surface area contributed by atoms with Gasteiger partial charge in [-0.1, -0.05) is 219 Å². The van der Waals surface area contributed by atoms with E-state index in [-0.39, 0.29) is 0 Å². The summed E-state index contributed by atoms with van der Waals surface area (Å²) in [6, 6.07) is 0. The van der Waals surface area contributed by atoms with Crippen molar-refractivity contribution in [2.45, 2.75) is 232 Å². The van der Waals surface area contributed by atoms with Crippen LogP contribution in [0.1, 0.15) is 232 Å². The third kappa shape index (κ3) is 32.8. The van der Waals surface area contributed by atoms with Gasteiger partial charge in [0.15, 0.2) is 0 Å². The minimum absolute atomic E-state index is 0.531. The second kappa shape index (κ2) is 35.5. The van der Waals surface area contributed by atoms with Crippen molar-refractivity contribution < 1.29 is 0 Å². The van der Waals surface area contributed by atoms with Gasteiger partial charge < -0.3 is 24.8 Å². The molecule has 0 atom stereocenters. The predicted molar refractivity (Wildman–Crippen MR) is 192 cm³/mol. The lowest BCUT2D eigenvalue weighted by Crippen LogP contribution is -2.09. The van der Waals surface area contributed by atoms with Crippen LogP contribution in [0.2, 0.25) is 0 Å². The quantitative estimate of drug-likeness (QED) is 0.0406. The fourth-order valence-electron chi connectivity index (χ4n) is 6.26. The van der Waals surface area contributed by atoms with Crippen molar-refractivity contribution in [3.05, 3.63) is 0 Å². The van der Waals surface area contributed by atoms with Gasteiger partial charge >= 0.3 is 0 Å². The molecular weight excluding hydrogens is 521 g/mol. The Morgan fingerprint density at radius 3 is 0.700 bits per heavy atom. The fourth-order valence-corrected chi connectivity index (χ4v) is 6.73. The summed E-state index contributed by atoms with van der Waals surface area (Å²) in [5.74, 6) is 0.531. The van der Waals surface area contributed by atoms with Crippen molar-refractivity contribution in [1.82, 2.24) is 0 Å². The number of rotatable bonds is 35. The Labute approximate surface area is 266 Å². The van der Waals surface area contributed by atoms with E-state index in [2.05, 4.69) is 13.8 Å². The van der Waals surface area contributed by atoms with E-state index in [9.17, 15) is 0 Å². The molecule has 0 N–H and O–H groups in total. The van der Waals surface area contributed by atoms with Crippen molar-refractivity contribution in [2.75, 3.05) is 0 Å². The first-order valence-electron chi connectivity index (χ1n) is 18.9. The summed E-state index contributed by atoms with van der Waals surface area (Å²) >= 11 is 10.9. The Balaban J connectivity index is 3.37. The van der Waals surface area contributed by atoms with E-state index >= 15 is 0 Å². The maximum absolute atomic E-state index is 5.45. The van der Waals surface area contributed by atoms with Gasteiger partial charge in [0, 0.05) is 0 Å². The molecule has 40 heavy (non-hydrogen) atoms. The van der Waals surface area contributed by atoms with Gasteiger partial charge in [-0.05, 0) is 18.8 Å². The van der Waals surface area contributed by atoms with Gasteiger partial charge in [0.25, 0.3) is 0 Å². The highest BCUT2D eigenvalue weighted by atomic mass is 32.1. The highest BCUT2D eigenvalue weighted by molar-refractivity contribution is 8.00. The molecule has 0 aromatic heterocycles. The zero-order valence-corrected chi connectivity index (χ0v) is 29.6. The Kier molecular flexibility index (Phi) is 35.8. The fraction of sp³-hybridized carbons (Fsp3) is 0.974. The van der Waals surface area contributed by atoms with Crippen LogP contribution in [-0.4, -0.2) is 4.20 Å². The molecular formula is C38H75S2-. The summed E-state index contributed by atoms with van der Waals surface area (Å²) in [7, 11) is 0. The third-order valence-electron chi connectivity index (χ3n) is 9.15. The normalized spacial score (nSPS) is 11.6. The van der Waals surface area contributed by atoms with Crippen LogP contribution in [0, 0.1) is 5.92 Å². The van der Waals surface area contributed by atoms with Crippen LogP contribution >= 0.6 is 12.2 Å². The standard InChI is InChI=1S/C38H76S2/c1-3-5-7-9-11-13-15-17-19-21-23-25-27-29-31-33-35-37(38(39)40)36-34-32-30-28-26-24-22-20-18-16-14-12-10-8-6-4-2/h37H,3-36H2,1-2H3,(H,39,40)/p-1. The molecule has 0 aromatic carbocycles. The molecule has 0 unspecified atom stereocenters. The van der Waals surface area contributed by atoms with Gasteiger partial charge in [-0.3, -0.25) is 0 Å². The van der Waals surface area contributed by atoms with E-state index in [0.717, 1.165) is 4.20 Å². The minimum atomic E-state index is 0.531. The second-order valence-electron chi connectivity index (χ2n) is 13.2. The van der Waals surface area contributed by atoms with E-state index in [4.69, 9.17) is 24.8 Å². The van der Waals surface area contributed by atoms with E-state index in [1.165, 1.54) is 218 Å². The SMILES string of the molecule is CCCCCCCCCCCCCCCCCCC(CCCCCCCCCCCCCCCCCC)C(=S)[S-]. The predicted octanol–water partition coefficient (Wildman–Crippen LogP) is 14.8. The van der Waals surface area contributed by atoms with Gasteiger partial charge in [0.2, 0.25) is 0 Å². The van der Waals surface area contributed by atoms with Crippen LogP contribution in [0.25, 0.3) is 0 Å². The molecule has 0 rings (SSSR count). The number of unbranched alkanes of at least 4 members (excludes halogenated alkanes) is 30. The molecule has 0 aliphatic carbocycles. The molecule has 0 bridgehead atoms. The second-order valence-corrected chi connectivity index (χ2v) is 14.3. The van der Waals surface area contributed by atoms with Gasteiger partial charge in [-0.15, -0.1) is 4.20 Å². The topological polar surface area (TPSA) is 0 Å². The summed E-state index contributed by atoms with van der Waals surface area (Å²) in [6.07, 6.45) is 48.4. The first-order valence-corrected chi connectivity index (χ1v) is 19.7. The molecule has 0 saturated carbocycles. The summed E-state index contributed by atoms with van der Waals surface area (Å²) in [5, 5.41) is 0. The maximum Gasteiger partial charge on any atom is -0.0345 e.